The van der Waals surface area contributed by atoms with Gasteiger partial charge in [-0.25, -0.2) is 0 Å². The molecule has 2 rings (SSSR count). The lowest BCUT2D eigenvalue weighted by Gasteiger charge is -2.18. The molecule has 1 heterocycles. The summed E-state index contributed by atoms with van der Waals surface area (Å²) in [6, 6.07) is 5.09. The van der Waals surface area contributed by atoms with E-state index in [0.29, 0.717) is 18.0 Å². The molecule has 0 saturated heterocycles. The fourth-order valence-electron chi connectivity index (χ4n) is 1.18. The Morgan fingerprint density at radius 3 is 3.25 bits per heavy atom. The predicted octanol–water partition coefficient (Wildman–Crippen LogP) is 1.89. The maximum atomic E-state index is 10.2. The van der Waals surface area contributed by atoms with Crippen LogP contribution in [-0.2, 0) is 0 Å². The summed E-state index contributed by atoms with van der Waals surface area (Å²) in [7, 11) is 0. The first-order valence-electron chi connectivity index (χ1n) is 3.74. The van der Waals surface area contributed by atoms with Crippen LogP contribution in [0.4, 0.5) is 11.4 Å². The van der Waals surface area contributed by atoms with Crippen LogP contribution in [0, 0.1) is 4.91 Å². The van der Waals surface area contributed by atoms with Gasteiger partial charge >= 0.3 is 0 Å². The number of anilines is 1. The summed E-state index contributed by atoms with van der Waals surface area (Å²) >= 11 is 0. The van der Waals surface area contributed by atoms with Crippen LogP contribution in [0.2, 0.25) is 0 Å². The van der Waals surface area contributed by atoms with Crippen LogP contribution < -0.4 is 10.1 Å². The number of benzene rings is 1. The van der Waals surface area contributed by atoms with Crippen molar-refractivity contribution in [2.45, 2.75) is 0 Å². The Labute approximate surface area is 69.5 Å². The molecule has 0 fully saturated rings. The lowest BCUT2D eigenvalue weighted by atomic mass is 10.2. The van der Waals surface area contributed by atoms with Gasteiger partial charge in [0.25, 0.3) is 0 Å². The SMILES string of the molecule is O=Nc1ccc2c(c1)OCCN2. The molecule has 1 N–H and O–H groups in total. The fourth-order valence-corrected chi connectivity index (χ4v) is 1.18. The molecule has 0 aromatic heterocycles. The largest absolute Gasteiger partial charge is 0.490 e. The molecule has 1 aliphatic rings. The molecular weight excluding hydrogens is 156 g/mol. The van der Waals surface area contributed by atoms with E-state index >= 15 is 0 Å². The van der Waals surface area contributed by atoms with E-state index in [1.54, 1.807) is 18.2 Å². The lowest BCUT2D eigenvalue weighted by molar-refractivity contribution is 0.323. The molecule has 12 heavy (non-hydrogen) atoms. The molecule has 1 aromatic carbocycles. The number of nitrogens with zero attached hydrogens (tertiary/aromatic N) is 1. The van der Waals surface area contributed by atoms with Gasteiger partial charge in [-0.2, -0.15) is 0 Å². The van der Waals surface area contributed by atoms with Crippen LogP contribution >= 0.6 is 0 Å². The van der Waals surface area contributed by atoms with E-state index in [9.17, 15) is 4.91 Å². The number of nitrogens with one attached hydrogen (secondary N) is 1. The molecule has 0 bridgehead atoms. The van der Waals surface area contributed by atoms with E-state index in [1.807, 2.05) is 0 Å². The van der Waals surface area contributed by atoms with Crippen molar-refractivity contribution in [3.8, 4) is 5.75 Å². The monoisotopic (exact) mass is 164 g/mol. The third kappa shape index (κ3) is 1.11. The number of nitroso groups, excluding NO2 is 1. The maximum absolute atomic E-state index is 10.2. The number of hydrogen-bond acceptors (Lipinski definition) is 4. The Bertz CT molecular complexity index is 312. The van der Waals surface area contributed by atoms with Crippen LogP contribution in [0.5, 0.6) is 5.75 Å². The Hall–Kier alpha value is -1.58. The number of hydrogen-bond donors (Lipinski definition) is 1. The molecule has 62 valence electrons. The molecule has 0 aliphatic carbocycles. The summed E-state index contributed by atoms with van der Waals surface area (Å²) in [6.07, 6.45) is 0. The van der Waals surface area contributed by atoms with Gasteiger partial charge in [0.2, 0.25) is 0 Å². The first-order valence-corrected chi connectivity index (χ1v) is 3.74. The highest BCUT2D eigenvalue weighted by Gasteiger charge is 2.09. The highest BCUT2D eigenvalue weighted by atomic mass is 16.5. The molecule has 0 spiro atoms. The van der Waals surface area contributed by atoms with Crippen molar-refractivity contribution in [1.29, 1.82) is 0 Å². The topological polar surface area (TPSA) is 50.7 Å². The molecule has 4 nitrogen and oxygen atoms in total. The summed E-state index contributed by atoms with van der Waals surface area (Å²) in [5, 5.41) is 5.97. The molecule has 1 aliphatic heterocycles. The first-order chi connectivity index (χ1) is 5.90. The first kappa shape index (κ1) is 7.09. The van der Waals surface area contributed by atoms with Crippen LogP contribution in [0.25, 0.3) is 0 Å². The van der Waals surface area contributed by atoms with Gasteiger partial charge in [-0.1, -0.05) is 0 Å². The third-order valence-corrected chi connectivity index (χ3v) is 1.75. The normalized spacial score (nSPS) is 14.0. The van der Waals surface area contributed by atoms with Crippen molar-refractivity contribution in [3.63, 3.8) is 0 Å². The molecule has 0 amide bonds. The summed E-state index contributed by atoms with van der Waals surface area (Å²) < 4.78 is 5.30. The molecule has 0 radical (unpaired) electrons. The van der Waals surface area contributed by atoms with E-state index in [2.05, 4.69) is 10.5 Å². The second kappa shape index (κ2) is 2.81. The van der Waals surface area contributed by atoms with Gasteiger partial charge in [0, 0.05) is 12.6 Å². The zero-order chi connectivity index (χ0) is 8.39. The van der Waals surface area contributed by atoms with E-state index in [-0.39, 0.29) is 0 Å². The summed E-state index contributed by atoms with van der Waals surface area (Å²) in [4.78, 5) is 10.2. The van der Waals surface area contributed by atoms with Crippen molar-refractivity contribution >= 4 is 11.4 Å². The van der Waals surface area contributed by atoms with E-state index in [0.717, 1.165) is 12.2 Å². The van der Waals surface area contributed by atoms with Gasteiger partial charge in [0.1, 0.15) is 18.0 Å². The van der Waals surface area contributed by atoms with Gasteiger partial charge in [-0.15, -0.1) is 4.91 Å². The minimum absolute atomic E-state index is 0.400. The van der Waals surface area contributed by atoms with Gasteiger partial charge < -0.3 is 10.1 Å². The van der Waals surface area contributed by atoms with Crippen molar-refractivity contribution in [3.05, 3.63) is 23.1 Å². The summed E-state index contributed by atoms with van der Waals surface area (Å²) in [5.74, 6) is 0.707. The molecule has 0 atom stereocenters. The Kier molecular flexibility index (Phi) is 1.66. The molecule has 0 saturated carbocycles. The Balaban J connectivity index is 2.42. The molecule has 0 unspecified atom stereocenters. The minimum atomic E-state index is 0.400. The highest BCUT2D eigenvalue weighted by Crippen LogP contribution is 2.30. The van der Waals surface area contributed by atoms with Crippen LogP contribution in [0.1, 0.15) is 0 Å². The van der Waals surface area contributed by atoms with E-state index < -0.39 is 0 Å². The number of ether oxygens (including phenoxy) is 1. The second-order valence-corrected chi connectivity index (χ2v) is 2.55. The van der Waals surface area contributed by atoms with Gasteiger partial charge in [0.05, 0.1) is 5.69 Å². The van der Waals surface area contributed by atoms with Crippen LogP contribution in [0.3, 0.4) is 0 Å². The average Bonchev–Trinajstić information content (AvgIpc) is 2.17. The van der Waals surface area contributed by atoms with E-state index in [4.69, 9.17) is 4.74 Å². The van der Waals surface area contributed by atoms with Crippen molar-refractivity contribution in [2.75, 3.05) is 18.5 Å². The minimum Gasteiger partial charge on any atom is -0.490 e. The predicted molar refractivity (Wildman–Crippen MR) is 45.9 cm³/mol. The van der Waals surface area contributed by atoms with Crippen molar-refractivity contribution in [2.24, 2.45) is 5.18 Å². The zero-order valence-corrected chi connectivity index (χ0v) is 6.41. The number of fused-ring (bicyclic) bond motifs is 1. The van der Waals surface area contributed by atoms with E-state index in [1.165, 1.54) is 0 Å². The van der Waals surface area contributed by atoms with Gasteiger partial charge in [-0.05, 0) is 17.3 Å². The lowest BCUT2D eigenvalue weighted by Crippen LogP contribution is -2.17. The number of rotatable bonds is 1. The van der Waals surface area contributed by atoms with Gasteiger partial charge in [0.15, 0.2) is 0 Å². The van der Waals surface area contributed by atoms with Crippen LogP contribution in [0.15, 0.2) is 23.4 Å². The highest BCUT2D eigenvalue weighted by molar-refractivity contribution is 5.63. The maximum Gasteiger partial charge on any atom is 0.144 e. The van der Waals surface area contributed by atoms with Crippen LogP contribution in [-0.4, -0.2) is 13.2 Å². The zero-order valence-electron chi connectivity index (χ0n) is 6.41. The average molecular weight is 164 g/mol. The Morgan fingerprint density at radius 1 is 1.50 bits per heavy atom. The quantitative estimate of drug-likeness (QED) is 0.645. The van der Waals surface area contributed by atoms with Gasteiger partial charge in [-0.3, -0.25) is 0 Å². The Morgan fingerprint density at radius 2 is 2.42 bits per heavy atom. The standard InChI is InChI=1S/C8H8N2O2/c11-10-6-1-2-7-8(5-6)12-4-3-9-7/h1-2,5,9H,3-4H2. The molecule has 1 aromatic rings. The fraction of sp³-hybridized carbons (Fsp3) is 0.250. The summed E-state index contributed by atoms with van der Waals surface area (Å²) in [5.41, 5.74) is 1.33. The second-order valence-electron chi connectivity index (χ2n) is 2.55. The molecule has 4 heteroatoms. The van der Waals surface area contributed by atoms with Crippen molar-refractivity contribution in [1.82, 2.24) is 0 Å². The third-order valence-electron chi connectivity index (χ3n) is 1.75. The smallest absolute Gasteiger partial charge is 0.144 e. The van der Waals surface area contributed by atoms with Crippen molar-refractivity contribution < 1.29 is 4.74 Å². The summed E-state index contributed by atoms with van der Waals surface area (Å²) in [6.45, 7) is 1.44. The molecular formula is C8H8N2O2.